The Bertz CT molecular complexity index is 1650. The molecule has 17 nitrogen and oxygen atoms in total. The van der Waals surface area contributed by atoms with E-state index >= 15 is 0 Å². The van der Waals surface area contributed by atoms with Crippen LogP contribution in [-0.4, -0.2) is 96.7 Å². The first-order valence-electron chi connectivity index (χ1n) is 35.3. The second-order valence-corrected chi connectivity index (χ2v) is 27.1. The fourth-order valence-electron chi connectivity index (χ4n) is 10.2. The molecular formula is C67H130O17P2. The van der Waals surface area contributed by atoms with Crippen molar-refractivity contribution < 1.29 is 80.2 Å². The Hall–Kier alpha value is -1.94. The summed E-state index contributed by atoms with van der Waals surface area (Å²) in [6.07, 6.45) is 48.5. The lowest BCUT2D eigenvalue weighted by Crippen LogP contribution is -2.30. The minimum Gasteiger partial charge on any atom is -0.462 e. The van der Waals surface area contributed by atoms with Crippen LogP contribution >= 0.6 is 15.6 Å². The standard InChI is InChI=1S/C67H130O17P2/c1-5-9-13-17-21-24-27-30-31-32-35-38-42-46-50-54-67(72)84-63(58-78-65(70)52-48-44-40-36-33-28-25-22-18-14-10-6-2)60-82-86(75,76)80-56-61(68)55-79-85(73,74)81-59-62(57-77-64(69)51-47-43-39-20-16-12-8-4)83-66(71)53-49-45-41-37-34-29-26-23-19-15-11-7-3/h61-63,68H,5-60H2,1-4H3,(H,73,74)(H,75,76)/t61-,62+,63+/m0/s1. The number of aliphatic hydroxyl groups excluding tert-OH is 1. The molecule has 2 unspecified atom stereocenters. The molecule has 0 aromatic rings. The van der Waals surface area contributed by atoms with Crippen molar-refractivity contribution in [3.05, 3.63) is 0 Å². The number of hydrogen-bond acceptors (Lipinski definition) is 15. The van der Waals surface area contributed by atoms with Gasteiger partial charge in [-0.25, -0.2) is 9.13 Å². The van der Waals surface area contributed by atoms with Crippen molar-refractivity contribution in [1.29, 1.82) is 0 Å². The van der Waals surface area contributed by atoms with Crippen molar-refractivity contribution in [2.45, 2.75) is 367 Å². The molecule has 3 N–H and O–H groups in total. The quantitative estimate of drug-likeness (QED) is 0.0222. The van der Waals surface area contributed by atoms with Gasteiger partial charge in [-0.1, -0.05) is 297 Å². The van der Waals surface area contributed by atoms with Crippen molar-refractivity contribution in [2.75, 3.05) is 39.6 Å². The molecule has 0 spiro atoms. The van der Waals surface area contributed by atoms with Gasteiger partial charge in [0.1, 0.15) is 19.3 Å². The van der Waals surface area contributed by atoms with Gasteiger partial charge in [0.2, 0.25) is 0 Å². The van der Waals surface area contributed by atoms with Gasteiger partial charge < -0.3 is 33.8 Å². The number of esters is 4. The van der Waals surface area contributed by atoms with Crippen molar-refractivity contribution in [1.82, 2.24) is 0 Å². The first-order chi connectivity index (χ1) is 41.7. The Morgan fingerprint density at radius 2 is 0.465 bits per heavy atom. The van der Waals surface area contributed by atoms with Crippen LogP contribution in [0.4, 0.5) is 0 Å². The van der Waals surface area contributed by atoms with Crippen LogP contribution in [0, 0.1) is 0 Å². The maximum atomic E-state index is 13.0. The summed E-state index contributed by atoms with van der Waals surface area (Å²) in [5.41, 5.74) is 0. The monoisotopic (exact) mass is 1270 g/mol. The van der Waals surface area contributed by atoms with E-state index in [2.05, 4.69) is 27.7 Å². The van der Waals surface area contributed by atoms with Crippen LogP contribution in [0.15, 0.2) is 0 Å². The third-order valence-corrected chi connectivity index (χ3v) is 17.5. The lowest BCUT2D eigenvalue weighted by molar-refractivity contribution is -0.161. The largest absolute Gasteiger partial charge is 0.472 e. The van der Waals surface area contributed by atoms with Crippen molar-refractivity contribution >= 4 is 39.5 Å². The van der Waals surface area contributed by atoms with E-state index in [0.717, 1.165) is 103 Å². The Balaban J connectivity index is 5.20. The highest BCUT2D eigenvalue weighted by Gasteiger charge is 2.30. The molecule has 510 valence electrons. The van der Waals surface area contributed by atoms with Crippen LogP contribution in [0.1, 0.15) is 349 Å². The van der Waals surface area contributed by atoms with Gasteiger partial charge in [-0.15, -0.1) is 0 Å². The average molecular weight is 1270 g/mol. The van der Waals surface area contributed by atoms with E-state index < -0.39 is 97.5 Å². The van der Waals surface area contributed by atoms with Crippen molar-refractivity contribution in [3.63, 3.8) is 0 Å². The Morgan fingerprint density at radius 1 is 0.279 bits per heavy atom. The molecular weight excluding hydrogens is 1140 g/mol. The van der Waals surface area contributed by atoms with E-state index in [0.29, 0.717) is 25.7 Å². The van der Waals surface area contributed by atoms with Gasteiger partial charge in [0, 0.05) is 25.7 Å². The fourth-order valence-corrected chi connectivity index (χ4v) is 11.7. The highest BCUT2D eigenvalue weighted by atomic mass is 31.2. The molecule has 0 saturated carbocycles. The lowest BCUT2D eigenvalue weighted by atomic mass is 10.0. The summed E-state index contributed by atoms with van der Waals surface area (Å²) in [7, 11) is -9.89. The molecule has 0 amide bonds. The molecule has 5 atom stereocenters. The molecule has 0 rings (SSSR count). The molecule has 0 bridgehead atoms. The molecule has 86 heavy (non-hydrogen) atoms. The van der Waals surface area contributed by atoms with Gasteiger partial charge in [0.05, 0.1) is 26.4 Å². The van der Waals surface area contributed by atoms with E-state index in [1.165, 1.54) is 167 Å². The average Bonchev–Trinajstić information content (AvgIpc) is 3.71. The first kappa shape index (κ1) is 84.1. The fraction of sp³-hybridized carbons (Fsp3) is 0.940. The number of aliphatic hydroxyl groups is 1. The first-order valence-corrected chi connectivity index (χ1v) is 38.3. The molecule has 0 saturated heterocycles. The SMILES string of the molecule is CCCCCCCCCCCCCCCCCC(=O)O[C@H](COC(=O)CCCCCCCCCCCCCC)COP(=O)(O)OC[C@@H](O)COP(=O)(O)OC[C@@H](COC(=O)CCCCCCCCC)OC(=O)CCCCCCCCCCCCCC. The van der Waals surface area contributed by atoms with E-state index in [4.69, 9.17) is 37.0 Å². The summed E-state index contributed by atoms with van der Waals surface area (Å²) in [5.74, 6) is -2.13. The third kappa shape index (κ3) is 60.9. The second-order valence-electron chi connectivity index (χ2n) is 24.2. The molecule has 0 aliphatic rings. The summed E-state index contributed by atoms with van der Waals surface area (Å²) in [5, 5.41) is 10.6. The van der Waals surface area contributed by atoms with Crippen LogP contribution in [0.3, 0.4) is 0 Å². The maximum absolute atomic E-state index is 13.0. The zero-order valence-corrected chi connectivity index (χ0v) is 57.1. The highest BCUT2D eigenvalue weighted by Crippen LogP contribution is 2.45. The maximum Gasteiger partial charge on any atom is 0.472 e. The van der Waals surface area contributed by atoms with Crippen LogP contribution in [0.5, 0.6) is 0 Å². The summed E-state index contributed by atoms with van der Waals surface area (Å²) < 4.78 is 68.1. The summed E-state index contributed by atoms with van der Waals surface area (Å²) in [4.78, 5) is 72.3. The number of phosphoric ester groups is 2. The molecule has 0 heterocycles. The van der Waals surface area contributed by atoms with Gasteiger partial charge >= 0.3 is 39.5 Å². The number of ether oxygens (including phenoxy) is 4. The van der Waals surface area contributed by atoms with Crippen LogP contribution in [0.2, 0.25) is 0 Å². The van der Waals surface area contributed by atoms with Crippen LogP contribution in [-0.2, 0) is 65.4 Å². The molecule has 0 aliphatic heterocycles. The highest BCUT2D eigenvalue weighted by molar-refractivity contribution is 7.47. The zero-order valence-electron chi connectivity index (χ0n) is 55.3. The minimum absolute atomic E-state index is 0.107. The predicted octanol–water partition coefficient (Wildman–Crippen LogP) is 19.1. The predicted molar refractivity (Wildman–Crippen MR) is 345 cm³/mol. The number of carbonyl (C=O) groups excluding carboxylic acids is 4. The van der Waals surface area contributed by atoms with Gasteiger partial charge in [0.25, 0.3) is 0 Å². The molecule has 0 aliphatic carbocycles. The minimum atomic E-state index is -4.95. The number of unbranched alkanes of at least 4 members (excludes halogenated alkanes) is 42. The van der Waals surface area contributed by atoms with Gasteiger partial charge in [0.15, 0.2) is 12.2 Å². The van der Waals surface area contributed by atoms with E-state index in [9.17, 15) is 43.2 Å². The van der Waals surface area contributed by atoms with Crippen LogP contribution in [0.25, 0.3) is 0 Å². The topological polar surface area (TPSA) is 237 Å². The molecule has 0 fully saturated rings. The Kier molecular flexibility index (Phi) is 60.5. The number of phosphoric acid groups is 2. The second kappa shape index (κ2) is 61.9. The Morgan fingerprint density at radius 3 is 0.686 bits per heavy atom. The summed E-state index contributed by atoms with van der Waals surface area (Å²) in [6, 6.07) is 0. The van der Waals surface area contributed by atoms with Gasteiger partial charge in [-0.2, -0.15) is 0 Å². The zero-order chi connectivity index (χ0) is 63.3. The van der Waals surface area contributed by atoms with Crippen molar-refractivity contribution in [2.24, 2.45) is 0 Å². The van der Waals surface area contributed by atoms with Gasteiger partial charge in [-0.05, 0) is 25.7 Å². The van der Waals surface area contributed by atoms with Crippen LogP contribution < -0.4 is 0 Å². The van der Waals surface area contributed by atoms with E-state index in [1.54, 1.807) is 0 Å². The summed E-state index contributed by atoms with van der Waals surface area (Å²) in [6.45, 7) is 4.89. The molecule has 19 heteroatoms. The summed E-state index contributed by atoms with van der Waals surface area (Å²) >= 11 is 0. The van der Waals surface area contributed by atoms with E-state index in [1.807, 2.05) is 0 Å². The van der Waals surface area contributed by atoms with E-state index in [-0.39, 0.29) is 25.7 Å². The Labute approximate surface area is 524 Å². The number of carbonyl (C=O) groups is 4. The van der Waals surface area contributed by atoms with Gasteiger partial charge in [-0.3, -0.25) is 37.3 Å². The normalized spacial score (nSPS) is 14.1. The molecule has 0 aromatic carbocycles. The third-order valence-electron chi connectivity index (χ3n) is 15.6. The molecule has 0 radical (unpaired) electrons. The number of rotatable bonds is 68. The smallest absolute Gasteiger partial charge is 0.462 e. The molecule has 0 aromatic heterocycles. The lowest BCUT2D eigenvalue weighted by Gasteiger charge is -2.21. The van der Waals surface area contributed by atoms with Crippen molar-refractivity contribution in [3.8, 4) is 0 Å². The number of hydrogen-bond donors (Lipinski definition) is 3.